The topological polar surface area (TPSA) is 18.5 Å². The molecule has 0 fully saturated rings. The van der Waals surface area contributed by atoms with Crippen molar-refractivity contribution < 1.29 is 9.47 Å². The zero-order valence-corrected chi connectivity index (χ0v) is 10.4. The Morgan fingerprint density at radius 1 is 0.765 bits per heavy atom. The molecule has 0 atom stereocenters. The molecule has 0 radical (unpaired) electrons. The van der Waals surface area contributed by atoms with Crippen molar-refractivity contribution in [2.24, 2.45) is 0 Å². The first-order valence-corrected chi connectivity index (χ1v) is 5.55. The molecule has 0 saturated heterocycles. The summed E-state index contributed by atoms with van der Waals surface area (Å²) in [5, 5.41) is 0. The Morgan fingerprint density at radius 2 is 1.41 bits per heavy atom. The van der Waals surface area contributed by atoms with Gasteiger partial charge in [0.2, 0.25) is 0 Å². The van der Waals surface area contributed by atoms with E-state index in [9.17, 15) is 0 Å². The van der Waals surface area contributed by atoms with E-state index < -0.39 is 0 Å². The first kappa shape index (κ1) is 11.5. The number of rotatable bonds is 3. The van der Waals surface area contributed by atoms with Gasteiger partial charge in [0, 0.05) is 5.56 Å². The number of ether oxygens (including phenoxy) is 2. The van der Waals surface area contributed by atoms with E-state index in [2.05, 4.69) is 18.2 Å². The zero-order valence-electron chi connectivity index (χ0n) is 10.4. The molecule has 0 aliphatic carbocycles. The highest BCUT2D eigenvalue weighted by molar-refractivity contribution is 5.74. The Balaban J connectivity index is 2.63. The summed E-state index contributed by atoms with van der Waals surface area (Å²) in [5.41, 5.74) is 3.25. The van der Waals surface area contributed by atoms with Gasteiger partial charge in [0.15, 0.2) is 11.5 Å². The van der Waals surface area contributed by atoms with E-state index >= 15 is 0 Å². The van der Waals surface area contributed by atoms with Crippen LogP contribution in [0.4, 0.5) is 0 Å². The summed E-state index contributed by atoms with van der Waals surface area (Å²) in [4.78, 5) is 0. The normalized spacial score (nSPS) is 10.1. The van der Waals surface area contributed by atoms with Crippen molar-refractivity contribution >= 4 is 0 Å². The molecule has 0 bridgehead atoms. The predicted molar refractivity (Wildman–Crippen MR) is 69.7 cm³/mol. The SMILES string of the molecule is COc1c(C)ccc(-c2ccccc2)c1OC. The second kappa shape index (κ2) is 4.91. The molecule has 0 heterocycles. The van der Waals surface area contributed by atoms with E-state index in [-0.39, 0.29) is 0 Å². The van der Waals surface area contributed by atoms with E-state index in [1.54, 1.807) is 14.2 Å². The van der Waals surface area contributed by atoms with E-state index in [4.69, 9.17) is 9.47 Å². The maximum Gasteiger partial charge on any atom is 0.168 e. The van der Waals surface area contributed by atoms with Gasteiger partial charge < -0.3 is 9.47 Å². The van der Waals surface area contributed by atoms with Crippen LogP contribution in [0.15, 0.2) is 42.5 Å². The average molecular weight is 228 g/mol. The van der Waals surface area contributed by atoms with Gasteiger partial charge >= 0.3 is 0 Å². The van der Waals surface area contributed by atoms with Crippen LogP contribution >= 0.6 is 0 Å². The molecule has 2 nitrogen and oxygen atoms in total. The standard InChI is InChI=1S/C15H16O2/c1-11-9-10-13(12-7-5-4-6-8-12)15(17-3)14(11)16-2/h4-10H,1-3H3. The molecule has 0 spiro atoms. The van der Waals surface area contributed by atoms with Crippen molar-refractivity contribution in [1.29, 1.82) is 0 Å². The van der Waals surface area contributed by atoms with Crippen molar-refractivity contribution in [3.05, 3.63) is 48.0 Å². The summed E-state index contributed by atoms with van der Waals surface area (Å²) in [6.07, 6.45) is 0. The van der Waals surface area contributed by atoms with Gasteiger partial charge in [0.05, 0.1) is 14.2 Å². The minimum absolute atomic E-state index is 0.790. The van der Waals surface area contributed by atoms with Crippen LogP contribution in [0.25, 0.3) is 11.1 Å². The molecule has 2 rings (SSSR count). The molecule has 2 aromatic carbocycles. The van der Waals surface area contributed by atoms with Gasteiger partial charge in [0.25, 0.3) is 0 Å². The number of aryl methyl sites for hydroxylation is 1. The fourth-order valence-electron chi connectivity index (χ4n) is 1.96. The van der Waals surface area contributed by atoms with Crippen molar-refractivity contribution in [1.82, 2.24) is 0 Å². The van der Waals surface area contributed by atoms with Crippen LogP contribution in [0, 0.1) is 6.92 Å². The molecule has 0 N–H and O–H groups in total. The van der Waals surface area contributed by atoms with Gasteiger partial charge in [-0.05, 0) is 18.1 Å². The first-order valence-electron chi connectivity index (χ1n) is 5.55. The molecule has 0 aliphatic heterocycles. The summed E-state index contributed by atoms with van der Waals surface area (Å²) >= 11 is 0. The fraction of sp³-hybridized carbons (Fsp3) is 0.200. The van der Waals surface area contributed by atoms with Gasteiger partial charge in [-0.1, -0.05) is 42.5 Å². The zero-order chi connectivity index (χ0) is 12.3. The highest BCUT2D eigenvalue weighted by Gasteiger charge is 2.13. The third-order valence-corrected chi connectivity index (χ3v) is 2.80. The molecular formula is C15H16O2. The lowest BCUT2D eigenvalue weighted by molar-refractivity contribution is 0.354. The summed E-state index contributed by atoms with van der Waals surface area (Å²) in [5.74, 6) is 1.59. The van der Waals surface area contributed by atoms with Crippen LogP contribution < -0.4 is 9.47 Å². The molecule has 0 saturated carbocycles. The third kappa shape index (κ3) is 2.11. The van der Waals surface area contributed by atoms with Gasteiger partial charge in [-0.25, -0.2) is 0 Å². The number of hydrogen-bond acceptors (Lipinski definition) is 2. The Labute approximate surface area is 102 Å². The fourth-order valence-corrected chi connectivity index (χ4v) is 1.96. The minimum atomic E-state index is 0.790. The van der Waals surface area contributed by atoms with E-state index in [1.165, 1.54) is 0 Å². The van der Waals surface area contributed by atoms with Gasteiger partial charge in [-0.15, -0.1) is 0 Å². The highest BCUT2D eigenvalue weighted by Crippen LogP contribution is 2.39. The Kier molecular flexibility index (Phi) is 3.33. The summed E-state index contributed by atoms with van der Waals surface area (Å²) < 4.78 is 10.9. The lowest BCUT2D eigenvalue weighted by atomic mass is 10.0. The van der Waals surface area contributed by atoms with Gasteiger partial charge in [-0.3, -0.25) is 0 Å². The molecular weight excluding hydrogens is 212 g/mol. The molecule has 0 aromatic heterocycles. The van der Waals surface area contributed by atoms with Crippen LogP contribution in [0.5, 0.6) is 11.5 Å². The van der Waals surface area contributed by atoms with Gasteiger partial charge in [-0.2, -0.15) is 0 Å². The highest BCUT2D eigenvalue weighted by atomic mass is 16.5. The first-order chi connectivity index (χ1) is 8.27. The number of methoxy groups -OCH3 is 2. The Hall–Kier alpha value is -1.96. The van der Waals surface area contributed by atoms with Gasteiger partial charge in [0.1, 0.15) is 0 Å². The van der Waals surface area contributed by atoms with Crippen LogP contribution in [-0.4, -0.2) is 14.2 Å². The Bertz CT molecular complexity index is 504. The predicted octanol–water partition coefficient (Wildman–Crippen LogP) is 3.68. The molecule has 2 heteroatoms. The third-order valence-electron chi connectivity index (χ3n) is 2.80. The molecule has 0 amide bonds. The maximum absolute atomic E-state index is 5.48. The largest absolute Gasteiger partial charge is 0.493 e. The van der Waals surface area contributed by atoms with Crippen LogP contribution in [0.3, 0.4) is 0 Å². The van der Waals surface area contributed by atoms with E-state index in [1.807, 2.05) is 31.2 Å². The maximum atomic E-state index is 5.48. The van der Waals surface area contributed by atoms with Crippen molar-refractivity contribution in [2.45, 2.75) is 6.92 Å². The van der Waals surface area contributed by atoms with E-state index in [0.29, 0.717) is 0 Å². The molecule has 88 valence electrons. The Morgan fingerprint density at radius 3 is 2.00 bits per heavy atom. The van der Waals surface area contributed by atoms with Crippen LogP contribution in [0.2, 0.25) is 0 Å². The quantitative estimate of drug-likeness (QED) is 0.797. The number of hydrogen-bond donors (Lipinski definition) is 0. The second-order valence-corrected chi connectivity index (χ2v) is 3.86. The minimum Gasteiger partial charge on any atom is -0.493 e. The van der Waals surface area contributed by atoms with Crippen molar-refractivity contribution in [2.75, 3.05) is 14.2 Å². The van der Waals surface area contributed by atoms with Crippen molar-refractivity contribution in [3.8, 4) is 22.6 Å². The van der Waals surface area contributed by atoms with Crippen LogP contribution in [0.1, 0.15) is 5.56 Å². The molecule has 0 aliphatic rings. The number of benzene rings is 2. The van der Waals surface area contributed by atoms with Crippen molar-refractivity contribution in [3.63, 3.8) is 0 Å². The second-order valence-electron chi connectivity index (χ2n) is 3.86. The summed E-state index contributed by atoms with van der Waals surface area (Å²) in [6, 6.07) is 14.3. The lowest BCUT2D eigenvalue weighted by Gasteiger charge is -2.14. The smallest absolute Gasteiger partial charge is 0.168 e. The molecule has 0 unspecified atom stereocenters. The monoisotopic (exact) mass is 228 g/mol. The lowest BCUT2D eigenvalue weighted by Crippen LogP contribution is -1.95. The van der Waals surface area contributed by atoms with Crippen LogP contribution in [-0.2, 0) is 0 Å². The summed E-state index contributed by atoms with van der Waals surface area (Å²) in [6.45, 7) is 2.01. The van der Waals surface area contributed by atoms with E-state index in [0.717, 1.165) is 28.2 Å². The molecule has 17 heavy (non-hydrogen) atoms. The summed E-state index contributed by atoms with van der Waals surface area (Å²) in [7, 11) is 3.34. The molecule has 2 aromatic rings. The average Bonchev–Trinajstić information content (AvgIpc) is 2.39.